The van der Waals surface area contributed by atoms with Crippen LogP contribution in [0.1, 0.15) is 56.6 Å². The average Bonchev–Trinajstić information content (AvgIpc) is 3.23. The lowest BCUT2D eigenvalue weighted by atomic mass is 9.90. The Balaban J connectivity index is 1.57. The molecule has 0 saturated carbocycles. The molecule has 0 unspecified atom stereocenters. The van der Waals surface area contributed by atoms with E-state index in [1.807, 2.05) is 0 Å². The number of H-pyrrole nitrogens is 1. The summed E-state index contributed by atoms with van der Waals surface area (Å²) in [5.41, 5.74) is 5.03. The molecule has 4 N–H and O–H groups in total. The van der Waals surface area contributed by atoms with Gasteiger partial charge in [-0.15, -0.1) is 0 Å². The van der Waals surface area contributed by atoms with Gasteiger partial charge in [-0.2, -0.15) is 13.2 Å². The number of nitrogens with one attached hydrogen (secondary N) is 2. The van der Waals surface area contributed by atoms with Crippen molar-refractivity contribution in [2.45, 2.75) is 31.5 Å². The van der Waals surface area contributed by atoms with Crippen LogP contribution in [-0.2, 0) is 12.6 Å². The topological polar surface area (TPSA) is 118 Å². The number of pyridine rings is 1. The normalized spacial score (nSPS) is 15.8. The molecule has 166 valence electrons. The molecule has 3 aromatic rings. The van der Waals surface area contributed by atoms with Gasteiger partial charge in [-0.1, -0.05) is 12.1 Å². The van der Waals surface area contributed by atoms with E-state index in [1.165, 1.54) is 30.3 Å². The number of hydrogen-bond acceptors (Lipinski definition) is 4. The van der Waals surface area contributed by atoms with E-state index in [4.69, 9.17) is 10.2 Å². The van der Waals surface area contributed by atoms with Crippen LogP contribution < -0.4 is 16.6 Å². The molecule has 2 heterocycles. The molecule has 1 aliphatic rings. The SMILES string of the molecule is NC(=O)c1cc2c([nH]c1=O)CCC[C@@H]2NC(=O)c1ccc(-c2cccc(C(F)(F)F)c2)o1. The highest BCUT2D eigenvalue weighted by Gasteiger charge is 2.31. The number of carbonyl (C=O) groups is 2. The molecule has 2 amide bonds. The highest BCUT2D eigenvalue weighted by atomic mass is 19.4. The van der Waals surface area contributed by atoms with Crippen LogP contribution in [0, 0.1) is 0 Å². The van der Waals surface area contributed by atoms with Gasteiger partial charge in [-0.05, 0) is 55.2 Å². The molecule has 1 aliphatic carbocycles. The Morgan fingerprint density at radius 2 is 1.94 bits per heavy atom. The van der Waals surface area contributed by atoms with E-state index in [0.29, 0.717) is 30.5 Å². The Hall–Kier alpha value is -3.82. The number of amides is 2. The molecule has 0 bridgehead atoms. The van der Waals surface area contributed by atoms with E-state index in [9.17, 15) is 27.6 Å². The third-order valence-electron chi connectivity index (χ3n) is 5.33. The number of alkyl halides is 3. The van der Waals surface area contributed by atoms with Gasteiger partial charge in [-0.3, -0.25) is 14.4 Å². The third kappa shape index (κ3) is 4.16. The Kier molecular flexibility index (Phi) is 5.37. The van der Waals surface area contributed by atoms with Crippen LogP contribution >= 0.6 is 0 Å². The van der Waals surface area contributed by atoms with Crippen molar-refractivity contribution in [1.82, 2.24) is 10.3 Å². The maximum absolute atomic E-state index is 13.0. The number of aryl methyl sites for hydroxylation is 1. The summed E-state index contributed by atoms with van der Waals surface area (Å²) in [6.07, 6.45) is -2.67. The lowest BCUT2D eigenvalue weighted by Crippen LogP contribution is -2.34. The van der Waals surface area contributed by atoms with E-state index in [0.717, 1.165) is 12.1 Å². The van der Waals surface area contributed by atoms with Gasteiger partial charge in [0.25, 0.3) is 17.4 Å². The van der Waals surface area contributed by atoms with Gasteiger partial charge in [0.2, 0.25) is 0 Å². The Bertz CT molecular complexity index is 1260. The van der Waals surface area contributed by atoms with Gasteiger partial charge in [0.15, 0.2) is 5.76 Å². The van der Waals surface area contributed by atoms with E-state index >= 15 is 0 Å². The van der Waals surface area contributed by atoms with Crippen molar-refractivity contribution in [3.05, 3.63) is 81.0 Å². The summed E-state index contributed by atoms with van der Waals surface area (Å²) in [6.45, 7) is 0. The zero-order valence-corrected chi connectivity index (χ0v) is 16.6. The van der Waals surface area contributed by atoms with Crippen LogP contribution in [0.15, 0.2) is 51.7 Å². The molecule has 4 rings (SSSR count). The fourth-order valence-electron chi connectivity index (χ4n) is 3.77. The minimum absolute atomic E-state index is 0.0796. The van der Waals surface area contributed by atoms with Crippen molar-refractivity contribution in [2.24, 2.45) is 5.73 Å². The van der Waals surface area contributed by atoms with Crippen LogP contribution in [0.5, 0.6) is 0 Å². The second kappa shape index (κ2) is 8.03. The largest absolute Gasteiger partial charge is 0.451 e. The van der Waals surface area contributed by atoms with Gasteiger partial charge < -0.3 is 20.5 Å². The minimum atomic E-state index is -4.50. The van der Waals surface area contributed by atoms with Crippen LogP contribution in [0.4, 0.5) is 13.2 Å². The van der Waals surface area contributed by atoms with Crippen LogP contribution in [-0.4, -0.2) is 16.8 Å². The molecule has 32 heavy (non-hydrogen) atoms. The van der Waals surface area contributed by atoms with Gasteiger partial charge >= 0.3 is 6.18 Å². The number of hydrogen-bond donors (Lipinski definition) is 3. The van der Waals surface area contributed by atoms with E-state index in [1.54, 1.807) is 0 Å². The predicted octanol–water partition coefficient (Wildman–Crippen LogP) is 3.56. The minimum Gasteiger partial charge on any atom is -0.451 e. The number of carbonyl (C=O) groups excluding carboxylic acids is 2. The molecule has 0 spiro atoms. The molecular weight excluding hydrogens is 427 g/mol. The van der Waals surface area contributed by atoms with E-state index in [-0.39, 0.29) is 22.6 Å². The Morgan fingerprint density at radius 3 is 2.66 bits per heavy atom. The van der Waals surface area contributed by atoms with Crippen LogP contribution in [0.2, 0.25) is 0 Å². The first-order valence-corrected chi connectivity index (χ1v) is 9.77. The first-order valence-electron chi connectivity index (χ1n) is 9.77. The van der Waals surface area contributed by atoms with E-state index in [2.05, 4.69) is 10.3 Å². The number of benzene rings is 1. The molecule has 1 atom stereocenters. The van der Waals surface area contributed by atoms with E-state index < -0.39 is 35.2 Å². The number of primary amides is 1. The smallest absolute Gasteiger partial charge is 0.416 e. The zero-order valence-electron chi connectivity index (χ0n) is 16.6. The molecule has 1 aromatic carbocycles. The quantitative estimate of drug-likeness (QED) is 0.569. The monoisotopic (exact) mass is 445 g/mol. The molecule has 2 aromatic heterocycles. The van der Waals surface area contributed by atoms with Gasteiger partial charge in [-0.25, -0.2) is 0 Å². The molecule has 7 nitrogen and oxygen atoms in total. The highest BCUT2D eigenvalue weighted by molar-refractivity contribution is 5.93. The first-order chi connectivity index (χ1) is 15.1. The number of aromatic amines is 1. The van der Waals surface area contributed by atoms with Gasteiger partial charge in [0, 0.05) is 11.3 Å². The number of fused-ring (bicyclic) bond motifs is 1. The van der Waals surface area contributed by atoms with Crippen molar-refractivity contribution in [3.63, 3.8) is 0 Å². The maximum atomic E-state index is 13.0. The number of rotatable bonds is 4. The second-order valence-corrected chi connectivity index (χ2v) is 7.47. The molecule has 0 fully saturated rings. The molecule has 0 radical (unpaired) electrons. The van der Waals surface area contributed by atoms with Gasteiger partial charge in [0.1, 0.15) is 11.3 Å². The predicted molar refractivity (Wildman–Crippen MR) is 108 cm³/mol. The zero-order chi connectivity index (χ0) is 23.0. The van der Waals surface area contributed by atoms with Crippen molar-refractivity contribution in [1.29, 1.82) is 0 Å². The summed E-state index contributed by atoms with van der Waals surface area (Å²) in [7, 11) is 0. The van der Waals surface area contributed by atoms with Crippen LogP contribution in [0.3, 0.4) is 0 Å². The lowest BCUT2D eigenvalue weighted by molar-refractivity contribution is -0.137. The summed E-state index contributed by atoms with van der Waals surface area (Å²) < 4.78 is 44.4. The standard InChI is InChI=1S/C22H18F3N3O4/c23-22(24,25)12-4-1-3-11(9-12)17-7-8-18(32-17)21(31)28-16-6-2-5-15-13(16)10-14(19(26)29)20(30)27-15/h1,3-4,7-10,16H,2,5-6H2,(H2,26,29)(H,27,30)(H,28,31)/t16-/m0/s1. The number of furan rings is 1. The fraction of sp³-hybridized carbons (Fsp3) is 0.227. The average molecular weight is 445 g/mol. The Labute approximate surface area is 179 Å². The molecule has 10 heteroatoms. The summed E-state index contributed by atoms with van der Waals surface area (Å²) in [6, 6.07) is 8.29. The second-order valence-electron chi connectivity index (χ2n) is 7.47. The lowest BCUT2D eigenvalue weighted by Gasteiger charge is -2.26. The first kappa shape index (κ1) is 21.4. The fourth-order valence-corrected chi connectivity index (χ4v) is 3.77. The number of halogens is 3. The summed E-state index contributed by atoms with van der Waals surface area (Å²) >= 11 is 0. The highest BCUT2D eigenvalue weighted by Crippen LogP contribution is 2.33. The summed E-state index contributed by atoms with van der Waals surface area (Å²) in [5, 5.41) is 2.79. The molecular formula is C22H18F3N3O4. The Morgan fingerprint density at radius 1 is 1.16 bits per heavy atom. The number of aromatic nitrogens is 1. The third-order valence-corrected chi connectivity index (χ3v) is 5.33. The van der Waals surface area contributed by atoms with Crippen molar-refractivity contribution in [3.8, 4) is 11.3 Å². The van der Waals surface area contributed by atoms with Crippen molar-refractivity contribution >= 4 is 11.8 Å². The van der Waals surface area contributed by atoms with Crippen LogP contribution in [0.25, 0.3) is 11.3 Å². The summed E-state index contributed by atoms with van der Waals surface area (Å²) in [4.78, 5) is 38.9. The van der Waals surface area contributed by atoms with Gasteiger partial charge in [0.05, 0.1) is 11.6 Å². The molecule has 0 aliphatic heterocycles. The molecule has 0 saturated heterocycles. The maximum Gasteiger partial charge on any atom is 0.416 e. The van der Waals surface area contributed by atoms with Crippen molar-refractivity contribution < 1.29 is 27.2 Å². The summed E-state index contributed by atoms with van der Waals surface area (Å²) in [5.74, 6) is -1.41. The number of nitrogens with two attached hydrogens (primary N) is 1. The van der Waals surface area contributed by atoms with Crippen molar-refractivity contribution in [2.75, 3.05) is 0 Å².